The lowest BCUT2D eigenvalue weighted by atomic mass is 9.93. The van der Waals surface area contributed by atoms with E-state index in [9.17, 15) is 22.4 Å². The van der Waals surface area contributed by atoms with Gasteiger partial charge in [-0.1, -0.05) is 6.92 Å². The average Bonchev–Trinajstić information content (AvgIpc) is 2.70. The van der Waals surface area contributed by atoms with Crippen molar-refractivity contribution in [2.24, 2.45) is 0 Å². The van der Waals surface area contributed by atoms with Gasteiger partial charge in [0.25, 0.3) is 0 Å². The predicted octanol–water partition coefficient (Wildman–Crippen LogP) is 6.41. The molecule has 2 aromatic carbocycles. The summed E-state index contributed by atoms with van der Waals surface area (Å²) in [6.07, 6.45) is 0.338. The number of hydrogen-bond donors (Lipinski definition) is 1. The molecule has 0 aromatic heterocycles. The second kappa shape index (κ2) is 8.37. The smallest absolute Gasteiger partial charge is 0.415 e. The number of benzene rings is 2. The van der Waals surface area contributed by atoms with E-state index in [1.807, 2.05) is 6.92 Å². The van der Waals surface area contributed by atoms with E-state index in [0.29, 0.717) is 12.2 Å². The summed E-state index contributed by atoms with van der Waals surface area (Å²) >= 11 is 0.889. The van der Waals surface area contributed by atoms with Crippen LogP contribution in [0.15, 0.2) is 18.2 Å². The van der Waals surface area contributed by atoms with E-state index in [1.54, 1.807) is 36.9 Å². The second-order valence-electron chi connectivity index (χ2n) is 7.51. The summed E-state index contributed by atoms with van der Waals surface area (Å²) in [4.78, 5) is 13.8. The number of amides is 1. The predicted molar refractivity (Wildman–Crippen MR) is 110 cm³/mol. The van der Waals surface area contributed by atoms with Crippen molar-refractivity contribution in [3.8, 4) is 0 Å². The molecule has 1 heterocycles. The molecule has 1 amide bonds. The topological polar surface area (TPSA) is 41.6 Å². The van der Waals surface area contributed by atoms with Crippen LogP contribution >= 0.6 is 11.9 Å². The maximum Gasteiger partial charge on any atom is 0.415 e. The fraction of sp³-hybridized carbons (Fsp3) is 0.381. The molecule has 0 unspecified atom stereocenters. The summed E-state index contributed by atoms with van der Waals surface area (Å²) in [5.41, 5.74) is -0.126. The van der Waals surface area contributed by atoms with Crippen molar-refractivity contribution in [2.75, 3.05) is 16.2 Å². The molecule has 0 radical (unpaired) electrons. The van der Waals surface area contributed by atoms with Crippen LogP contribution in [0.2, 0.25) is 0 Å². The zero-order chi connectivity index (χ0) is 22.2. The Kier molecular flexibility index (Phi) is 6.21. The lowest BCUT2D eigenvalue weighted by Crippen LogP contribution is -2.43. The normalized spacial score (nSPS) is 15.1. The molecule has 0 saturated heterocycles. The highest BCUT2D eigenvalue weighted by molar-refractivity contribution is 7.99. The Morgan fingerprint density at radius 1 is 1.10 bits per heavy atom. The van der Waals surface area contributed by atoms with E-state index < -0.39 is 46.1 Å². The molecule has 0 saturated carbocycles. The van der Waals surface area contributed by atoms with Crippen molar-refractivity contribution in [3.05, 3.63) is 58.2 Å². The average molecular weight is 442 g/mol. The van der Waals surface area contributed by atoms with Crippen LogP contribution in [0.25, 0.3) is 0 Å². The molecule has 0 atom stereocenters. The standard InChI is InChI=1S/C21H22F4N2O2S/c1-5-8-27-15-7-6-12(9-14(15)21(3,4)29-20(27)28)26-30-10-13-18(24)16(22)11(2)17(23)19(13)25/h6-7,9,26H,5,8,10H2,1-4H3. The summed E-state index contributed by atoms with van der Waals surface area (Å²) < 4.78 is 64.0. The van der Waals surface area contributed by atoms with Crippen LogP contribution in [0.3, 0.4) is 0 Å². The lowest BCUT2D eigenvalue weighted by molar-refractivity contribution is 0.0351. The largest absolute Gasteiger partial charge is 0.438 e. The maximum absolute atomic E-state index is 14.0. The lowest BCUT2D eigenvalue weighted by Gasteiger charge is -2.38. The highest BCUT2D eigenvalue weighted by atomic mass is 32.2. The number of carbonyl (C=O) groups excluding carboxylic acids is 1. The third-order valence-corrected chi connectivity index (χ3v) is 5.74. The molecule has 2 aromatic rings. The van der Waals surface area contributed by atoms with Crippen molar-refractivity contribution in [3.63, 3.8) is 0 Å². The van der Waals surface area contributed by atoms with E-state index in [1.165, 1.54) is 0 Å². The van der Waals surface area contributed by atoms with Gasteiger partial charge in [-0.05, 0) is 57.3 Å². The molecular formula is C21H22F4N2O2S. The Balaban J connectivity index is 1.81. The minimum Gasteiger partial charge on any atom is -0.438 e. The number of nitrogens with one attached hydrogen (secondary N) is 1. The first-order valence-corrected chi connectivity index (χ1v) is 10.4. The quantitative estimate of drug-likeness (QED) is 0.319. The monoisotopic (exact) mass is 442 g/mol. The number of ether oxygens (including phenoxy) is 1. The summed E-state index contributed by atoms with van der Waals surface area (Å²) in [6.45, 7) is 6.98. The van der Waals surface area contributed by atoms with Gasteiger partial charge in [-0.25, -0.2) is 22.4 Å². The molecular weight excluding hydrogens is 420 g/mol. The fourth-order valence-electron chi connectivity index (χ4n) is 3.28. The molecule has 1 aliphatic rings. The van der Waals surface area contributed by atoms with Crippen LogP contribution in [0.5, 0.6) is 0 Å². The number of rotatable bonds is 6. The van der Waals surface area contributed by atoms with Crippen LogP contribution < -0.4 is 9.62 Å². The van der Waals surface area contributed by atoms with Gasteiger partial charge in [0, 0.05) is 34.7 Å². The number of carbonyl (C=O) groups is 1. The summed E-state index contributed by atoms with van der Waals surface area (Å²) in [7, 11) is 0. The van der Waals surface area contributed by atoms with Gasteiger partial charge in [0.15, 0.2) is 23.3 Å². The summed E-state index contributed by atoms with van der Waals surface area (Å²) in [5.74, 6) is -5.90. The van der Waals surface area contributed by atoms with Gasteiger partial charge in [-0.3, -0.25) is 4.90 Å². The molecule has 162 valence electrons. The number of cyclic esters (lactones) is 1. The Bertz CT molecular complexity index is 968. The van der Waals surface area contributed by atoms with Crippen LogP contribution in [0.4, 0.5) is 33.7 Å². The van der Waals surface area contributed by atoms with E-state index in [0.717, 1.165) is 36.5 Å². The Morgan fingerprint density at radius 3 is 2.33 bits per heavy atom. The fourth-order valence-corrected chi connectivity index (χ4v) is 4.05. The maximum atomic E-state index is 14.0. The molecule has 9 heteroatoms. The highest BCUT2D eigenvalue weighted by Crippen LogP contribution is 2.40. The summed E-state index contributed by atoms with van der Waals surface area (Å²) in [6, 6.07) is 5.26. The van der Waals surface area contributed by atoms with Crippen molar-refractivity contribution in [1.29, 1.82) is 0 Å². The Hall–Kier alpha value is -2.42. The highest BCUT2D eigenvalue weighted by Gasteiger charge is 2.38. The van der Waals surface area contributed by atoms with E-state index in [4.69, 9.17) is 4.74 Å². The van der Waals surface area contributed by atoms with Crippen molar-refractivity contribution >= 4 is 29.4 Å². The van der Waals surface area contributed by atoms with E-state index in [2.05, 4.69) is 4.72 Å². The third kappa shape index (κ3) is 3.95. The third-order valence-electron chi connectivity index (χ3n) is 4.93. The number of halogens is 4. The molecule has 0 fully saturated rings. The number of fused-ring (bicyclic) bond motifs is 1. The SMILES string of the molecule is CCCN1C(=O)OC(C)(C)c2cc(NSCc3c(F)c(F)c(C)c(F)c3F)ccc21. The molecule has 3 rings (SSSR count). The van der Waals surface area contributed by atoms with Crippen LogP contribution in [0.1, 0.15) is 43.9 Å². The van der Waals surface area contributed by atoms with Crippen molar-refractivity contribution in [2.45, 2.75) is 45.5 Å². The first-order valence-electron chi connectivity index (χ1n) is 9.42. The molecule has 0 aliphatic carbocycles. The first kappa shape index (κ1) is 22.3. The zero-order valence-electron chi connectivity index (χ0n) is 17.0. The van der Waals surface area contributed by atoms with Gasteiger partial charge in [0.2, 0.25) is 0 Å². The Labute approximate surface area is 176 Å². The van der Waals surface area contributed by atoms with Gasteiger partial charge < -0.3 is 9.46 Å². The van der Waals surface area contributed by atoms with Crippen molar-refractivity contribution < 1.29 is 27.1 Å². The number of hydrogen-bond acceptors (Lipinski definition) is 4. The van der Waals surface area contributed by atoms with Gasteiger partial charge >= 0.3 is 6.09 Å². The van der Waals surface area contributed by atoms with Gasteiger partial charge in [-0.15, -0.1) is 0 Å². The molecule has 30 heavy (non-hydrogen) atoms. The van der Waals surface area contributed by atoms with Gasteiger partial charge in [0.05, 0.1) is 5.69 Å². The van der Waals surface area contributed by atoms with Gasteiger partial charge in [0.1, 0.15) is 5.60 Å². The number of anilines is 2. The molecule has 0 bridgehead atoms. The molecule has 1 aliphatic heterocycles. The van der Waals surface area contributed by atoms with Crippen LogP contribution in [-0.2, 0) is 16.1 Å². The minimum absolute atomic E-state index is 0.330. The molecule has 0 spiro atoms. The van der Waals surface area contributed by atoms with Gasteiger partial charge in [-0.2, -0.15) is 0 Å². The minimum atomic E-state index is -1.39. The summed E-state index contributed by atoms with van der Waals surface area (Å²) in [5, 5.41) is 0. The van der Waals surface area contributed by atoms with E-state index in [-0.39, 0.29) is 5.75 Å². The van der Waals surface area contributed by atoms with Crippen LogP contribution in [-0.4, -0.2) is 12.6 Å². The van der Waals surface area contributed by atoms with Crippen LogP contribution in [0, 0.1) is 30.2 Å². The Morgan fingerprint density at radius 2 is 1.73 bits per heavy atom. The second-order valence-corrected chi connectivity index (χ2v) is 8.29. The number of nitrogens with zero attached hydrogens (tertiary/aromatic N) is 1. The molecule has 4 nitrogen and oxygen atoms in total. The van der Waals surface area contributed by atoms with Crippen molar-refractivity contribution in [1.82, 2.24) is 0 Å². The van der Waals surface area contributed by atoms with E-state index >= 15 is 0 Å². The zero-order valence-corrected chi connectivity index (χ0v) is 17.9. The first-order chi connectivity index (χ1) is 14.1. The molecule has 1 N–H and O–H groups in total.